The van der Waals surface area contributed by atoms with Crippen molar-refractivity contribution in [3.8, 4) is 11.5 Å². The van der Waals surface area contributed by atoms with E-state index in [-0.39, 0.29) is 29.4 Å². The molecular formula is C18H12F6N4. The quantitative estimate of drug-likeness (QED) is 0.615. The molecule has 0 bridgehead atoms. The standard InChI is InChI=1S/C18H12F6N4/c19-17(20,21)12-6-2-1-5-11(12)10-26-15-9-14(18(22,23)24)27-16(28-15)13-7-3-4-8-25-13/h1-9H,10H2,(H,26,27,28). The number of aromatic nitrogens is 3. The van der Waals surface area contributed by atoms with E-state index >= 15 is 0 Å². The van der Waals surface area contributed by atoms with Gasteiger partial charge < -0.3 is 5.32 Å². The predicted molar refractivity (Wildman–Crippen MR) is 89.0 cm³/mol. The van der Waals surface area contributed by atoms with Gasteiger partial charge in [0.05, 0.1) is 5.56 Å². The van der Waals surface area contributed by atoms with Crippen LogP contribution in [0.1, 0.15) is 16.8 Å². The van der Waals surface area contributed by atoms with Crippen LogP contribution in [0.2, 0.25) is 0 Å². The van der Waals surface area contributed by atoms with Gasteiger partial charge in [-0.1, -0.05) is 24.3 Å². The first-order valence-electron chi connectivity index (χ1n) is 7.91. The lowest BCUT2D eigenvalue weighted by Gasteiger charge is -2.15. The number of hydrogen-bond acceptors (Lipinski definition) is 4. The van der Waals surface area contributed by atoms with Gasteiger partial charge in [0, 0.05) is 18.8 Å². The van der Waals surface area contributed by atoms with Gasteiger partial charge in [-0.25, -0.2) is 9.97 Å². The summed E-state index contributed by atoms with van der Waals surface area (Å²) >= 11 is 0. The summed E-state index contributed by atoms with van der Waals surface area (Å²) in [5.41, 5.74) is -2.12. The van der Waals surface area contributed by atoms with Crippen molar-refractivity contribution in [3.63, 3.8) is 0 Å². The van der Waals surface area contributed by atoms with Crippen LogP contribution in [-0.2, 0) is 18.9 Å². The highest BCUT2D eigenvalue weighted by Crippen LogP contribution is 2.33. The number of alkyl halides is 6. The molecule has 10 heteroatoms. The number of pyridine rings is 1. The summed E-state index contributed by atoms with van der Waals surface area (Å²) < 4.78 is 78.7. The summed E-state index contributed by atoms with van der Waals surface area (Å²) in [7, 11) is 0. The fourth-order valence-corrected chi connectivity index (χ4v) is 2.43. The van der Waals surface area contributed by atoms with Crippen LogP contribution < -0.4 is 5.32 Å². The van der Waals surface area contributed by atoms with Crippen molar-refractivity contribution in [1.29, 1.82) is 0 Å². The van der Waals surface area contributed by atoms with E-state index in [1.54, 1.807) is 12.1 Å². The Morgan fingerprint density at radius 3 is 2.18 bits per heavy atom. The summed E-state index contributed by atoms with van der Waals surface area (Å²) in [6, 6.07) is 9.98. The minimum Gasteiger partial charge on any atom is -0.366 e. The maximum Gasteiger partial charge on any atom is 0.433 e. The smallest absolute Gasteiger partial charge is 0.366 e. The van der Waals surface area contributed by atoms with Crippen LogP contribution in [-0.4, -0.2) is 15.0 Å². The molecule has 0 atom stereocenters. The number of nitrogens with one attached hydrogen (secondary N) is 1. The Morgan fingerprint density at radius 1 is 0.821 bits per heavy atom. The molecule has 0 spiro atoms. The molecule has 146 valence electrons. The average molecular weight is 398 g/mol. The molecule has 2 aromatic heterocycles. The Hall–Kier alpha value is -3.17. The zero-order valence-corrected chi connectivity index (χ0v) is 14.0. The van der Waals surface area contributed by atoms with Crippen LogP contribution in [0.3, 0.4) is 0 Å². The van der Waals surface area contributed by atoms with E-state index in [0.29, 0.717) is 6.07 Å². The molecule has 0 aliphatic carbocycles. The molecule has 1 aromatic carbocycles. The molecule has 0 fully saturated rings. The van der Waals surface area contributed by atoms with Crippen LogP contribution in [0, 0.1) is 0 Å². The molecule has 28 heavy (non-hydrogen) atoms. The molecule has 0 radical (unpaired) electrons. The average Bonchev–Trinajstić information content (AvgIpc) is 2.66. The Balaban J connectivity index is 1.95. The topological polar surface area (TPSA) is 50.7 Å². The lowest BCUT2D eigenvalue weighted by atomic mass is 10.1. The van der Waals surface area contributed by atoms with E-state index in [4.69, 9.17) is 0 Å². The monoisotopic (exact) mass is 398 g/mol. The SMILES string of the molecule is FC(F)(F)c1cc(NCc2ccccc2C(F)(F)F)nc(-c2ccccn2)n1. The Morgan fingerprint density at radius 2 is 1.54 bits per heavy atom. The molecule has 0 amide bonds. The number of anilines is 1. The minimum absolute atomic E-state index is 0.104. The molecule has 0 saturated heterocycles. The molecule has 0 aliphatic heterocycles. The third kappa shape index (κ3) is 4.56. The third-order valence-corrected chi connectivity index (χ3v) is 3.69. The first kappa shape index (κ1) is 19.6. The Labute approximate surface area is 155 Å². The summed E-state index contributed by atoms with van der Waals surface area (Å²) in [4.78, 5) is 11.3. The highest BCUT2D eigenvalue weighted by atomic mass is 19.4. The molecule has 0 aliphatic rings. The fourth-order valence-electron chi connectivity index (χ4n) is 2.43. The van der Waals surface area contributed by atoms with E-state index in [1.807, 2.05) is 0 Å². The number of nitrogens with zero attached hydrogens (tertiary/aromatic N) is 3. The zero-order chi connectivity index (χ0) is 20.4. The van der Waals surface area contributed by atoms with Crippen molar-refractivity contribution in [3.05, 3.63) is 71.5 Å². The van der Waals surface area contributed by atoms with E-state index < -0.39 is 23.6 Å². The number of halogens is 6. The first-order chi connectivity index (χ1) is 13.1. The molecule has 2 heterocycles. The Bertz CT molecular complexity index is 954. The number of rotatable bonds is 4. The molecule has 0 unspecified atom stereocenters. The van der Waals surface area contributed by atoms with Gasteiger partial charge in [-0.2, -0.15) is 26.3 Å². The van der Waals surface area contributed by atoms with Crippen molar-refractivity contribution < 1.29 is 26.3 Å². The van der Waals surface area contributed by atoms with Gasteiger partial charge >= 0.3 is 12.4 Å². The normalized spacial score (nSPS) is 12.1. The molecular weight excluding hydrogens is 386 g/mol. The maximum atomic E-state index is 13.2. The van der Waals surface area contributed by atoms with Crippen molar-refractivity contribution in [1.82, 2.24) is 15.0 Å². The molecule has 3 rings (SSSR count). The van der Waals surface area contributed by atoms with Gasteiger partial charge in [0.2, 0.25) is 0 Å². The Kier molecular flexibility index (Phi) is 5.21. The third-order valence-electron chi connectivity index (χ3n) is 3.69. The lowest BCUT2D eigenvalue weighted by molar-refractivity contribution is -0.141. The largest absolute Gasteiger partial charge is 0.433 e. The highest BCUT2D eigenvalue weighted by molar-refractivity contribution is 5.53. The van der Waals surface area contributed by atoms with Crippen LogP contribution in [0.5, 0.6) is 0 Å². The highest BCUT2D eigenvalue weighted by Gasteiger charge is 2.35. The second kappa shape index (κ2) is 7.45. The summed E-state index contributed by atoms with van der Waals surface area (Å²) in [6.45, 7) is -0.369. The minimum atomic E-state index is -4.76. The number of hydrogen-bond donors (Lipinski definition) is 1. The van der Waals surface area contributed by atoms with E-state index in [9.17, 15) is 26.3 Å². The van der Waals surface area contributed by atoms with Gasteiger partial charge in [0.15, 0.2) is 11.5 Å². The molecule has 0 saturated carbocycles. The van der Waals surface area contributed by atoms with Crippen LogP contribution in [0.25, 0.3) is 11.5 Å². The van der Waals surface area contributed by atoms with Crippen molar-refractivity contribution >= 4 is 5.82 Å². The zero-order valence-electron chi connectivity index (χ0n) is 14.0. The second-order valence-corrected chi connectivity index (χ2v) is 5.68. The predicted octanol–water partition coefficient (Wildman–Crippen LogP) is 5.19. The molecule has 1 N–H and O–H groups in total. The fraction of sp³-hybridized carbons (Fsp3) is 0.167. The van der Waals surface area contributed by atoms with E-state index in [2.05, 4.69) is 20.3 Å². The van der Waals surface area contributed by atoms with Crippen LogP contribution in [0.15, 0.2) is 54.7 Å². The van der Waals surface area contributed by atoms with E-state index in [1.165, 1.54) is 30.5 Å². The van der Waals surface area contributed by atoms with Gasteiger partial charge in [-0.05, 0) is 23.8 Å². The molecule has 3 aromatic rings. The molecule has 4 nitrogen and oxygen atoms in total. The number of benzene rings is 1. The van der Waals surface area contributed by atoms with Gasteiger partial charge in [-0.3, -0.25) is 4.98 Å². The second-order valence-electron chi connectivity index (χ2n) is 5.68. The van der Waals surface area contributed by atoms with Gasteiger partial charge in [0.1, 0.15) is 11.5 Å². The van der Waals surface area contributed by atoms with Crippen molar-refractivity contribution in [2.75, 3.05) is 5.32 Å². The summed E-state index contributed by atoms with van der Waals surface area (Å²) in [6.07, 6.45) is -7.97. The van der Waals surface area contributed by atoms with Gasteiger partial charge in [0.25, 0.3) is 0 Å². The summed E-state index contributed by atoms with van der Waals surface area (Å²) in [5.74, 6) is -0.554. The maximum absolute atomic E-state index is 13.2. The summed E-state index contributed by atoms with van der Waals surface area (Å²) in [5, 5.41) is 2.52. The van der Waals surface area contributed by atoms with Crippen molar-refractivity contribution in [2.24, 2.45) is 0 Å². The first-order valence-corrected chi connectivity index (χ1v) is 7.91. The van der Waals surface area contributed by atoms with Gasteiger partial charge in [-0.15, -0.1) is 0 Å². The van der Waals surface area contributed by atoms with E-state index in [0.717, 1.165) is 6.07 Å². The van der Waals surface area contributed by atoms with Crippen LogP contribution in [0.4, 0.5) is 32.2 Å². The lowest BCUT2D eigenvalue weighted by Crippen LogP contribution is -2.14. The van der Waals surface area contributed by atoms with Crippen LogP contribution >= 0.6 is 0 Å². The van der Waals surface area contributed by atoms with Crippen molar-refractivity contribution in [2.45, 2.75) is 18.9 Å².